The number of fused-ring (bicyclic) bond motifs is 2. The van der Waals surface area contributed by atoms with E-state index in [1.807, 2.05) is 24.4 Å². The first-order chi connectivity index (χ1) is 12.7. The van der Waals surface area contributed by atoms with E-state index in [-0.39, 0.29) is 24.3 Å². The summed E-state index contributed by atoms with van der Waals surface area (Å²) in [5.74, 6) is 1.61. The Labute approximate surface area is 164 Å². The van der Waals surface area contributed by atoms with Gasteiger partial charge in [0.1, 0.15) is 23.9 Å². The van der Waals surface area contributed by atoms with E-state index in [0.717, 1.165) is 59.3 Å². The van der Waals surface area contributed by atoms with Gasteiger partial charge in [-0.2, -0.15) is 0 Å². The van der Waals surface area contributed by atoms with Crippen LogP contribution < -0.4 is 14.8 Å². The molecule has 2 aromatic carbocycles. The van der Waals surface area contributed by atoms with E-state index in [2.05, 4.69) is 10.3 Å². The fraction of sp³-hybridized carbons (Fsp3) is 0.333. The standard InChI is InChI=1S/C21H23FN2O2.ClH/c1-25-20-5-2-6-21-18(20)11-16(13-26-21)23-9-3-4-14-12-24-19-8-7-15(22)10-17(14)19;/h2,5-8,10,12,16,23-24H,3-4,9,11,13H2,1H3;1H. The summed E-state index contributed by atoms with van der Waals surface area (Å²) in [6, 6.07) is 11.1. The third kappa shape index (κ3) is 4.20. The van der Waals surface area contributed by atoms with Gasteiger partial charge in [-0.3, -0.25) is 0 Å². The van der Waals surface area contributed by atoms with Gasteiger partial charge in [-0.25, -0.2) is 4.39 Å². The second-order valence-corrected chi connectivity index (χ2v) is 6.71. The fourth-order valence-electron chi connectivity index (χ4n) is 3.64. The van der Waals surface area contributed by atoms with Crippen LogP contribution in [-0.4, -0.2) is 31.3 Å². The van der Waals surface area contributed by atoms with Crippen LogP contribution in [0.5, 0.6) is 11.5 Å². The molecule has 1 unspecified atom stereocenters. The Morgan fingerprint density at radius 1 is 1.30 bits per heavy atom. The van der Waals surface area contributed by atoms with Crippen molar-refractivity contribution in [2.24, 2.45) is 0 Å². The number of nitrogens with one attached hydrogen (secondary N) is 2. The van der Waals surface area contributed by atoms with E-state index < -0.39 is 0 Å². The van der Waals surface area contributed by atoms with Gasteiger partial charge < -0.3 is 19.8 Å². The summed E-state index contributed by atoms with van der Waals surface area (Å²) in [7, 11) is 1.69. The van der Waals surface area contributed by atoms with Crippen molar-refractivity contribution in [3.8, 4) is 11.5 Å². The quantitative estimate of drug-likeness (QED) is 0.618. The zero-order valence-electron chi connectivity index (χ0n) is 15.3. The van der Waals surface area contributed by atoms with E-state index in [4.69, 9.17) is 9.47 Å². The molecule has 0 fully saturated rings. The lowest BCUT2D eigenvalue weighted by atomic mass is 10.0. The van der Waals surface area contributed by atoms with E-state index in [9.17, 15) is 4.39 Å². The minimum Gasteiger partial charge on any atom is -0.496 e. The summed E-state index contributed by atoms with van der Waals surface area (Å²) in [5, 5.41) is 4.55. The molecule has 1 aromatic heterocycles. The van der Waals surface area contributed by atoms with E-state index in [1.54, 1.807) is 19.2 Å². The molecule has 144 valence electrons. The molecule has 27 heavy (non-hydrogen) atoms. The van der Waals surface area contributed by atoms with Gasteiger partial charge in [-0.15, -0.1) is 12.4 Å². The van der Waals surface area contributed by atoms with Crippen molar-refractivity contribution in [1.82, 2.24) is 10.3 Å². The molecule has 4 rings (SSSR count). The third-order valence-corrected chi connectivity index (χ3v) is 4.99. The van der Waals surface area contributed by atoms with Crippen LogP contribution in [-0.2, 0) is 12.8 Å². The van der Waals surface area contributed by atoms with Crippen molar-refractivity contribution < 1.29 is 13.9 Å². The molecule has 0 spiro atoms. The molecule has 1 aliphatic rings. The SMILES string of the molecule is COc1cccc2c1CC(NCCCc1c[nH]c3ccc(F)cc13)CO2.Cl. The van der Waals surface area contributed by atoms with E-state index in [0.29, 0.717) is 6.61 Å². The van der Waals surface area contributed by atoms with Gasteiger partial charge in [0, 0.05) is 28.7 Å². The van der Waals surface area contributed by atoms with Gasteiger partial charge in [-0.1, -0.05) is 6.07 Å². The number of rotatable bonds is 6. The maximum Gasteiger partial charge on any atom is 0.126 e. The number of benzene rings is 2. The molecular weight excluding hydrogens is 367 g/mol. The number of aromatic amines is 1. The number of aryl methyl sites for hydroxylation is 1. The highest BCUT2D eigenvalue weighted by atomic mass is 35.5. The molecule has 4 nitrogen and oxygen atoms in total. The van der Waals surface area contributed by atoms with Crippen molar-refractivity contribution in [2.75, 3.05) is 20.3 Å². The van der Waals surface area contributed by atoms with Crippen LogP contribution in [0.3, 0.4) is 0 Å². The molecule has 6 heteroatoms. The molecule has 1 atom stereocenters. The predicted octanol–water partition coefficient (Wildman–Crippen LogP) is 4.26. The Morgan fingerprint density at radius 2 is 2.19 bits per heavy atom. The number of methoxy groups -OCH3 is 1. The highest BCUT2D eigenvalue weighted by molar-refractivity contribution is 5.85. The van der Waals surface area contributed by atoms with Crippen LogP contribution in [0, 0.1) is 5.82 Å². The summed E-state index contributed by atoms with van der Waals surface area (Å²) < 4.78 is 24.8. The zero-order chi connectivity index (χ0) is 17.9. The topological polar surface area (TPSA) is 46.3 Å². The summed E-state index contributed by atoms with van der Waals surface area (Å²) in [5.41, 5.74) is 3.28. The molecule has 2 heterocycles. The van der Waals surface area contributed by atoms with Crippen molar-refractivity contribution in [3.05, 3.63) is 59.5 Å². The van der Waals surface area contributed by atoms with Gasteiger partial charge in [-0.05, 0) is 61.7 Å². The Hall–Kier alpha value is -2.24. The van der Waals surface area contributed by atoms with Crippen LogP contribution >= 0.6 is 12.4 Å². The lowest BCUT2D eigenvalue weighted by molar-refractivity contribution is 0.234. The van der Waals surface area contributed by atoms with Gasteiger partial charge >= 0.3 is 0 Å². The Balaban J connectivity index is 0.00000210. The van der Waals surface area contributed by atoms with Crippen LogP contribution in [0.25, 0.3) is 10.9 Å². The minimum absolute atomic E-state index is 0. The normalized spacial score (nSPS) is 15.7. The number of halogens is 2. The highest BCUT2D eigenvalue weighted by Gasteiger charge is 2.22. The number of aromatic nitrogens is 1. The highest BCUT2D eigenvalue weighted by Crippen LogP contribution is 2.32. The van der Waals surface area contributed by atoms with Crippen molar-refractivity contribution in [1.29, 1.82) is 0 Å². The average molecular weight is 391 g/mol. The molecule has 0 aliphatic carbocycles. The Bertz CT molecular complexity index is 898. The maximum absolute atomic E-state index is 13.5. The number of ether oxygens (including phenoxy) is 2. The molecule has 0 saturated carbocycles. The molecular formula is C21H24ClFN2O2. The first-order valence-corrected chi connectivity index (χ1v) is 9.02. The van der Waals surface area contributed by atoms with Crippen LogP contribution in [0.2, 0.25) is 0 Å². The molecule has 2 N–H and O–H groups in total. The molecule has 0 amide bonds. The Morgan fingerprint density at radius 3 is 3.04 bits per heavy atom. The fourth-order valence-corrected chi connectivity index (χ4v) is 3.64. The smallest absolute Gasteiger partial charge is 0.126 e. The zero-order valence-corrected chi connectivity index (χ0v) is 16.1. The predicted molar refractivity (Wildman–Crippen MR) is 108 cm³/mol. The summed E-state index contributed by atoms with van der Waals surface area (Å²) in [4.78, 5) is 3.21. The average Bonchev–Trinajstić information content (AvgIpc) is 3.06. The first-order valence-electron chi connectivity index (χ1n) is 9.02. The summed E-state index contributed by atoms with van der Waals surface area (Å²) >= 11 is 0. The van der Waals surface area contributed by atoms with Gasteiger partial charge in [0.15, 0.2) is 0 Å². The molecule has 0 saturated heterocycles. The minimum atomic E-state index is -0.191. The second-order valence-electron chi connectivity index (χ2n) is 6.71. The van der Waals surface area contributed by atoms with Crippen LogP contribution in [0.15, 0.2) is 42.6 Å². The van der Waals surface area contributed by atoms with Gasteiger partial charge in [0.25, 0.3) is 0 Å². The lowest BCUT2D eigenvalue weighted by Crippen LogP contribution is -2.40. The van der Waals surface area contributed by atoms with Crippen molar-refractivity contribution in [2.45, 2.75) is 25.3 Å². The third-order valence-electron chi connectivity index (χ3n) is 4.99. The van der Waals surface area contributed by atoms with Gasteiger partial charge in [0.05, 0.1) is 7.11 Å². The van der Waals surface area contributed by atoms with Crippen molar-refractivity contribution >= 4 is 23.3 Å². The van der Waals surface area contributed by atoms with E-state index >= 15 is 0 Å². The lowest BCUT2D eigenvalue weighted by Gasteiger charge is -2.27. The molecule has 1 aliphatic heterocycles. The number of H-pyrrole nitrogens is 1. The molecule has 0 bridgehead atoms. The number of hydrogen-bond donors (Lipinski definition) is 2. The largest absolute Gasteiger partial charge is 0.496 e. The maximum atomic E-state index is 13.5. The first kappa shape index (κ1) is 19.5. The van der Waals surface area contributed by atoms with Crippen LogP contribution in [0.4, 0.5) is 4.39 Å². The molecule has 0 radical (unpaired) electrons. The van der Waals surface area contributed by atoms with Crippen molar-refractivity contribution in [3.63, 3.8) is 0 Å². The Kier molecular flexibility index (Phi) is 6.24. The monoisotopic (exact) mass is 390 g/mol. The summed E-state index contributed by atoms with van der Waals surface area (Å²) in [6.07, 6.45) is 4.77. The summed E-state index contributed by atoms with van der Waals surface area (Å²) in [6.45, 7) is 1.55. The van der Waals surface area contributed by atoms with Gasteiger partial charge in [0.2, 0.25) is 0 Å². The number of hydrogen-bond acceptors (Lipinski definition) is 3. The van der Waals surface area contributed by atoms with E-state index in [1.165, 1.54) is 6.07 Å². The molecule has 3 aromatic rings. The second kappa shape index (κ2) is 8.63. The van der Waals surface area contributed by atoms with Crippen LogP contribution in [0.1, 0.15) is 17.5 Å².